The van der Waals surface area contributed by atoms with Crippen molar-refractivity contribution >= 4 is 5.91 Å². The van der Waals surface area contributed by atoms with E-state index in [2.05, 4.69) is 25.1 Å². The van der Waals surface area contributed by atoms with Crippen LogP contribution in [-0.4, -0.2) is 28.3 Å². The number of rotatable bonds is 8. The summed E-state index contributed by atoms with van der Waals surface area (Å²) < 4.78 is 0. The third kappa shape index (κ3) is 5.30. The predicted molar refractivity (Wildman–Crippen MR) is 107 cm³/mol. The monoisotopic (exact) mass is 369 g/mol. The molecule has 1 amide bonds. The van der Waals surface area contributed by atoms with Gasteiger partial charge in [-0.2, -0.15) is 0 Å². The fraction of sp³-hybridized carbons (Fsp3) is 0.522. The van der Waals surface area contributed by atoms with Crippen LogP contribution in [-0.2, 0) is 11.2 Å². The molecule has 1 aromatic rings. The quantitative estimate of drug-likeness (QED) is 0.616. The van der Waals surface area contributed by atoms with Gasteiger partial charge in [0, 0.05) is 18.8 Å². The zero-order valence-electron chi connectivity index (χ0n) is 16.1. The van der Waals surface area contributed by atoms with E-state index in [4.69, 9.17) is 5.73 Å². The van der Waals surface area contributed by atoms with Gasteiger partial charge in [0.15, 0.2) is 0 Å². The van der Waals surface area contributed by atoms with Crippen LogP contribution in [0.2, 0.25) is 0 Å². The molecular formula is C23H31NO3. The lowest BCUT2D eigenvalue weighted by Gasteiger charge is -2.19. The molecule has 146 valence electrons. The van der Waals surface area contributed by atoms with Crippen molar-refractivity contribution in [2.24, 2.45) is 23.5 Å². The minimum atomic E-state index is -0.539. The number of hydrogen-bond donors (Lipinski definition) is 3. The molecule has 1 saturated carbocycles. The van der Waals surface area contributed by atoms with E-state index in [9.17, 15) is 15.0 Å². The summed E-state index contributed by atoms with van der Waals surface area (Å²) in [5, 5.41) is 20.8. The Bertz CT molecular complexity index is 724. The van der Waals surface area contributed by atoms with Gasteiger partial charge in [-0.05, 0) is 50.0 Å². The van der Waals surface area contributed by atoms with E-state index in [1.54, 1.807) is 0 Å². The number of nitrogens with two attached hydrogens (primary N) is 1. The van der Waals surface area contributed by atoms with E-state index >= 15 is 0 Å². The molecule has 0 radical (unpaired) electrons. The van der Waals surface area contributed by atoms with Crippen LogP contribution < -0.4 is 5.73 Å². The summed E-state index contributed by atoms with van der Waals surface area (Å²) >= 11 is 0. The number of benzene rings is 1. The molecule has 2 aliphatic rings. The van der Waals surface area contributed by atoms with Gasteiger partial charge < -0.3 is 15.9 Å². The van der Waals surface area contributed by atoms with Gasteiger partial charge in [-0.1, -0.05) is 53.6 Å². The smallest absolute Gasteiger partial charge is 0.217 e. The van der Waals surface area contributed by atoms with Crippen molar-refractivity contribution < 1.29 is 15.0 Å². The zero-order chi connectivity index (χ0) is 19.4. The van der Waals surface area contributed by atoms with Crippen molar-refractivity contribution in [3.8, 4) is 0 Å². The average molecular weight is 370 g/mol. The Morgan fingerprint density at radius 3 is 2.96 bits per heavy atom. The highest BCUT2D eigenvalue weighted by atomic mass is 16.3. The number of aryl methyl sites for hydroxylation is 1. The number of amides is 1. The molecule has 0 bridgehead atoms. The number of hydrogen-bond acceptors (Lipinski definition) is 3. The Labute approximate surface area is 161 Å². The summed E-state index contributed by atoms with van der Waals surface area (Å²) in [6.07, 6.45) is 9.79. The fourth-order valence-electron chi connectivity index (χ4n) is 4.69. The molecule has 5 atom stereocenters. The van der Waals surface area contributed by atoms with Crippen LogP contribution in [0.3, 0.4) is 0 Å². The second-order valence-corrected chi connectivity index (χ2v) is 8.20. The van der Waals surface area contributed by atoms with Gasteiger partial charge in [0.05, 0.1) is 12.2 Å². The second kappa shape index (κ2) is 8.85. The number of aliphatic hydroxyl groups is 2. The minimum absolute atomic E-state index is 0.0899. The van der Waals surface area contributed by atoms with Crippen LogP contribution in [0.15, 0.2) is 48.1 Å². The Balaban J connectivity index is 1.54. The van der Waals surface area contributed by atoms with Crippen molar-refractivity contribution in [1.29, 1.82) is 0 Å². The summed E-state index contributed by atoms with van der Waals surface area (Å²) in [5.74, 6) is 0.665. The SMILES string of the molecule is Cc1cccc(C[C@@H](O)/C=C/[C@@H]2[C@H]3CC(CCCC(N)=O)=C[C@H]3C[C@H]2O)c1. The standard InChI is InChI=1S/C23H31NO3/c1-15-4-2-5-16(10-15)12-19(25)8-9-20-21-13-17(6-3-7-23(24)27)11-18(21)14-22(20)26/h2,4-5,8-11,18-22,25-26H,3,6-7,12-14H2,1H3,(H2,24,27)/b9-8+/t18-,19-,20+,21-,22+/m0/s1. The molecule has 2 aliphatic carbocycles. The highest BCUT2D eigenvalue weighted by Gasteiger charge is 2.43. The van der Waals surface area contributed by atoms with Gasteiger partial charge in [-0.15, -0.1) is 0 Å². The van der Waals surface area contributed by atoms with E-state index in [0.29, 0.717) is 24.7 Å². The Kier molecular flexibility index (Phi) is 6.51. The highest BCUT2D eigenvalue weighted by molar-refractivity contribution is 5.73. The fourth-order valence-corrected chi connectivity index (χ4v) is 4.69. The van der Waals surface area contributed by atoms with Crippen molar-refractivity contribution in [1.82, 2.24) is 0 Å². The molecule has 0 unspecified atom stereocenters. The van der Waals surface area contributed by atoms with Gasteiger partial charge in [0.1, 0.15) is 0 Å². The molecule has 0 heterocycles. The molecule has 4 N–H and O–H groups in total. The summed E-state index contributed by atoms with van der Waals surface area (Å²) in [4.78, 5) is 10.9. The van der Waals surface area contributed by atoms with Gasteiger partial charge in [-0.25, -0.2) is 0 Å². The first-order valence-corrected chi connectivity index (χ1v) is 10.00. The van der Waals surface area contributed by atoms with E-state index in [-0.39, 0.29) is 17.9 Å². The topological polar surface area (TPSA) is 83.5 Å². The van der Waals surface area contributed by atoms with E-state index in [1.807, 2.05) is 24.3 Å². The molecular weight excluding hydrogens is 338 g/mol. The van der Waals surface area contributed by atoms with Crippen molar-refractivity contribution in [2.75, 3.05) is 0 Å². The first-order valence-electron chi connectivity index (χ1n) is 10.00. The molecule has 27 heavy (non-hydrogen) atoms. The average Bonchev–Trinajstić information content (AvgIpc) is 3.09. The molecule has 0 spiro atoms. The highest BCUT2D eigenvalue weighted by Crippen LogP contribution is 2.48. The molecule has 4 heteroatoms. The minimum Gasteiger partial charge on any atom is -0.392 e. The maximum Gasteiger partial charge on any atom is 0.217 e. The van der Waals surface area contributed by atoms with E-state index < -0.39 is 6.10 Å². The lowest BCUT2D eigenvalue weighted by Crippen LogP contribution is -2.18. The number of aliphatic hydroxyl groups excluding tert-OH is 2. The van der Waals surface area contributed by atoms with Gasteiger partial charge in [0.25, 0.3) is 0 Å². The predicted octanol–water partition coefficient (Wildman–Crippen LogP) is 3.05. The number of primary amides is 1. The number of carbonyl (C=O) groups excluding carboxylic acids is 1. The normalized spacial score (nSPS) is 28.3. The Hall–Kier alpha value is -1.91. The van der Waals surface area contributed by atoms with Crippen LogP contribution in [0.4, 0.5) is 0 Å². The largest absolute Gasteiger partial charge is 0.392 e. The van der Waals surface area contributed by atoms with Crippen LogP contribution >= 0.6 is 0 Å². The van der Waals surface area contributed by atoms with Crippen molar-refractivity contribution in [3.63, 3.8) is 0 Å². The molecule has 0 aromatic heterocycles. The number of allylic oxidation sites excluding steroid dienone is 2. The summed E-state index contributed by atoms with van der Waals surface area (Å²) in [6, 6.07) is 8.19. The Morgan fingerprint density at radius 2 is 2.22 bits per heavy atom. The lowest BCUT2D eigenvalue weighted by atomic mass is 9.88. The summed E-state index contributed by atoms with van der Waals surface area (Å²) in [5.41, 5.74) is 8.92. The van der Waals surface area contributed by atoms with E-state index in [0.717, 1.165) is 31.2 Å². The Morgan fingerprint density at radius 1 is 1.41 bits per heavy atom. The maximum atomic E-state index is 10.9. The second-order valence-electron chi connectivity index (χ2n) is 8.20. The van der Waals surface area contributed by atoms with Gasteiger partial charge >= 0.3 is 0 Å². The first kappa shape index (κ1) is 19.8. The van der Waals surface area contributed by atoms with Gasteiger partial charge in [-0.3, -0.25) is 4.79 Å². The van der Waals surface area contributed by atoms with Crippen LogP contribution in [0.25, 0.3) is 0 Å². The molecule has 1 fully saturated rings. The third-order valence-electron chi connectivity index (χ3n) is 5.95. The van der Waals surface area contributed by atoms with Crippen LogP contribution in [0.5, 0.6) is 0 Å². The van der Waals surface area contributed by atoms with Crippen molar-refractivity contribution in [2.45, 2.75) is 57.7 Å². The first-order chi connectivity index (χ1) is 12.9. The third-order valence-corrected chi connectivity index (χ3v) is 5.95. The lowest BCUT2D eigenvalue weighted by molar-refractivity contribution is -0.118. The number of fused-ring (bicyclic) bond motifs is 1. The van der Waals surface area contributed by atoms with Crippen LogP contribution in [0, 0.1) is 24.7 Å². The molecule has 4 nitrogen and oxygen atoms in total. The van der Waals surface area contributed by atoms with E-state index in [1.165, 1.54) is 11.1 Å². The molecule has 0 aliphatic heterocycles. The van der Waals surface area contributed by atoms with Crippen LogP contribution in [0.1, 0.15) is 43.2 Å². The van der Waals surface area contributed by atoms with Gasteiger partial charge in [0.2, 0.25) is 5.91 Å². The summed E-state index contributed by atoms with van der Waals surface area (Å²) in [6.45, 7) is 2.05. The van der Waals surface area contributed by atoms with Crippen molar-refractivity contribution in [3.05, 3.63) is 59.2 Å². The summed E-state index contributed by atoms with van der Waals surface area (Å²) in [7, 11) is 0. The zero-order valence-corrected chi connectivity index (χ0v) is 16.1. The molecule has 0 saturated heterocycles. The molecule has 1 aromatic carbocycles. The molecule has 3 rings (SSSR count). The number of carbonyl (C=O) groups is 1. The maximum absolute atomic E-state index is 10.9.